The maximum atomic E-state index is 4.17. The third kappa shape index (κ3) is 1.51. The second-order valence-corrected chi connectivity index (χ2v) is 2.73. The lowest BCUT2D eigenvalue weighted by Crippen LogP contribution is -1.88. The molecule has 1 rings (SSSR count). The smallest absolute Gasteiger partial charge is 0.0375 e. The summed E-state index contributed by atoms with van der Waals surface area (Å²) in [5.41, 5.74) is 3.57. The molecule has 0 atom stereocenters. The predicted octanol–water partition coefficient (Wildman–Crippen LogP) is 2.13. The zero-order chi connectivity index (χ0) is 7.56. The number of hydrogen-bond acceptors (Lipinski definition) is 2. The molecule has 0 amide bonds. The molecule has 10 heavy (non-hydrogen) atoms. The van der Waals surface area contributed by atoms with E-state index in [-0.39, 0.29) is 0 Å². The predicted molar refractivity (Wildman–Crippen MR) is 46.4 cm³/mol. The van der Waals surface area contributed by atoms with E-state index in [1.54, 1.807) is 0 Å². The van der Waals surface area contributed by atoms with E-state index < -0.39 is 0 Å². The largest absolute Gasteiger partial charge is 0.261 e. The van der Waals surface area contributed by atoms with Crippen molar-refractivity contribution in [3.8, 4) is 0 Å². The number of rotatable bonds is 1. The van der Waals surface area contributed by atoms with Crippen molar-refractivity contribution in [2.75, 3.05) is 0 Å². The maximum absolute atomic E-state index is 4.17. The Kier molecular flexibility index (Phi) is 2.33. The summed E-state index contributed by atoms with van der Waals surface area (Å²) in [6, 6.07) is 2.07. The summed E-state index contributed by atoms with van der Waals surface area (Å²) in [5.74, 6) is 0.777. The van der Waals surface area contributed by atoms with E-state index in [2.05, 4.69) is 30.6 Å². The van der Waals surface area contributed by atoms with Crippen molar-refractivity contribution in [2.24, 2.45) is 0 Å². The van der Waals surface area contributed by atoms with Gasteiger partial charge in [0.15, 0.2) is 0 Å². The number of aromatic nitrogens is 1. The van der Waals surface area contributed by atoms with Crippen LogP contribution in [-0.4, -0.2) is 4.98 Å². The van der Waals surface area contributed by atoms with Gasteiger partial charge in [-0.15, -0.1) is 0 Å². The van der Waals surface area contributed by atoms with Gasteiger partial charge in [-0.25, -0.2) is 0 Å². The van der Waals surface area contributed by atoms with Crippen LogP contribution in [0.15, 0.2) is 12.3 Å². The monoisotopic (exact) mass is 153 g/mol. The first kappa shape index (κ1) is 7.61. The van der Waals surface area contributed by atoms with Crippen LogP contribution in [-0.2, 0) is 5.75 Å². The Morgan fingerprint density at radius 1 is 1.50 bits per heavy atom. The highest BCUT2D eigenvalue weighted by atomic mass is 32.1. The lowest BCUT2D eigenvalue weighted by atomic mass is 10.1. The summed E-state index contributed by atoms with van der Waals surface area (Å²) in [4.78, 5) is 4.16. The molecule has 0 N–H and O–H groups in total. The highest BCUT2D eigenvalue weighted by Crippen LogP contribution is 2.09. The number of hydrogen-bond donors (Lipinski definition) is 1. The van der Waals surface area contributed by atoms with Gasteiger partial charge in [-0.05, 0) is 31.0 Å². The summed E-state index contributed by atoms with van der Waals surface area (Å²) in [6.45, 7) is 4.08. The zero-order valence-corrected chi connectivity index (χ0v) is 7.15. The van der Waals surface area contributed by atoms with Crippen LogP contribution in [0.4, 0.5) is 0 Å². The van der Waals surface area contributed by atoms with Crippen molar-refractivity contribution in [3.05, 3.63) is 29.1 Å². The summed E-state index contributed by atoms with van der Waals surface area (Å²) in [5, 5.41) is 0. The number of pyridine rings is 1. The van der Waals surface area contributed by atoms with Crippen LogP contribution in [0.25, 0.3) is 0 Å². The van der Waals surface area contributed by atoms with E-state index in [0.717, 1.165) is 11.4 Å². The maximum Gasteiger partial charge on any atom is 0.0375 e. The Hall–Kier alpha value is -0.500. The van der Waals surface area contributed by atoms with Crippen LogP contribution in [0.1, 0.15) is 16.8 Å². The molecule has 0 saturated carbocycles. The van der Waals surface area contributed by atoms with Crippen LogP contribution in [0, 0.1) is 13.8 Å². The Labute approximate surface area is 66.9 Å². The lowest BCUT2D eigenvalue weighted by molar-refractivity contribution is 1.13. The van der Waals surface area contributed by atoms with Crippen LogP contribution < -0.4 is 0 Å². The second kappa shape index (κ2) is 3.06. The van der Waals surface area contributed by atoms with Crippen LogP contribution in [0.2, 0.25) is 0 Å². The van der Waals surface area contributed by atoms with E-state index in [0.29, 0.717) is 0 Å². The SMILES string of the molecule is Cc1cc(C)c(CS)cn1. The highest BCUT2D eigenvalue weighted by molar-refractivity contribution is 7.79. The molecule has 1 aromatic heterocycles. The minimum atomic E-state index is 0.777. The molecular formula is C8H11NS. The van der Waals surface area contributed by atoms with Gasteiger partial charge in [-0.2, -0.15) is 12.6 Å². The lowest BCUT2D eigenvalue weighted by Gasteiger charge is -2.00. The van der Waals surface area contributed by atoms with E-state index in [1.807, 2.05) is 13.1 Å². The molecular weight excluding hydrogens is 142 g/mol. The van der Waals surface area contributed by atoms with Gasteiger partial charge < -0.3 is 0 Å². The fourth-order valence-electron chi connectivity index (χ4n) is 0.890. The van der Waals surface area contributed by atoms with Crippen molar-refractivity contribution >= 4 is 12.6 Å². The van der Waals surface area contributed by atoms with Gasteiger partial charge in [0.2, 0.25) is 0 Å². The molecule has 1 heterocycles. The second-order valence-electron chi connectivity index (χ2n) is 2.41. The van der Waals surface area contributed by atoms with E-state index in [4.69, 9.17) is 0 Å². The standard InChI is InChI=1S/C8H11NS/c1-6-3-7(2)9-4-8(6)5-10/h3-4,10H,5H2,1-2H3. The van der Waals surface area contributed by atoms with Crippen molar-refractivity contribution in [2.45, 2.75) is 19.6 Å². The topological polar surface area (TPSA) is 12.9 Å². The normalized spacial score (nSPS) is 9.90. The average Bonchev–Trinajstić information content (AvgIpc) is 1.88. The quantitative estimate of drug-likeness (QED) is 0.610. The van der Waals surface area contributed by atoms with Gasteiger partial charge in [0.1, 0.15) is 0 Å². The van der Waals surface area contributed by atoms with Crippen LogP contribution >= 0.6 is 12.6 Å². The fraction of sp³-hybridized carbons (Fsp3) is 0.375. The summed E-state index contributed by atoms with van der Waals surface area (Å²) in [6.07, 6.45) is 1.89. The van der Waals surface area contributed by atoms with E-state index >= 15 is 0 Å². The molecule has 2 heteroatoms. The fourth-order valence-corrected chi connectivity index (χ4v) is 1.22. The van der Waals surface area contributed by atoms with Crippen molar-refractivity contribution < 1.29 is 0 Å². The van der Waals surface area contributed by atoms with Crippen LogP contribution in [0.3, 0.4) is 0 Å². The molecule has 0 aliphatic rings. The number of nitrogens with zero attached hydrogens (tertiary/aromatic N) is 1. The summed E-state index contributed by atoms with van der Waals surface area (Å²) < 4.78 is 0. The summed E-state index contributed by atoms with van der Waals surface area (Å²) >= 11 is 4.17. The molecule has 0 saturated heterocycles. The highest BCUT2D eigenvalue weighted by Gasteiger charge is 1.94. The van der Waals surface area contributed by atoms with Crippen molar-refractivity contribution in [3.63, 3.8) is 0 Å². The zero-order valence-electron chi connectivity index (χ0n) is 6.26. The van der Waals surface area contributed by atoms with Gasteiger partial charge in [0.05, 0.1) is 0 Å². The molecule has 1 nitrogen and oxygen atoms in total. The Morgan fingerprint density at radius 3 is 2.70 bits per heavy atom. The molecule has 54 valence electrons. The van der Waals surface area contributed by atoms with Gasteiger partial charge in [0, 0.05) is 17.6 Å². The first-order valence-electron chi connectivity index (χ1n) is 3.27. The van der Waals surface area contributed by atoms with Gasteiger partial charge >= 0.3 is 0 Å². The molecule has 0 aliphatic carbocycles. The van der Waals surface area contributed by atoms with Gasteiger partial charge in [-0.3, -0.25) is 4.98 Å². The molecule has 0 unspecified atom stereocenters. The molecule has 0 bridgehead atoms. The minimum Gasteiger partial charge on any atom is -0.261 e. The molecule has 0 aliphatic heterocycles. The van der Waals surface area contributed by atoms with E-state index in [1.165, 1.54) is 11.1 Å². The minimum absolute atomic E-state index is 0.777. The van der Waals surface area contributed by atoms with Crippen molar-refractivity contribution in [1.82, 2.24) is 4.98 Å². The Morgan fingerprint density at radius 2 is 2.20 bits per heavy atom. The number of thiol groups is 1. The Bertz CT molecular complexity index is 233. The third-order valence-corrected chi connectivity index (χ3v) is 1.87. The third-order valence-electron chi connectivity index (χ3n) is 1.53. The average molecular weight is 153 g/mol. The Balaban J connectivity index is 3.07. The first-order valence-corrected chi connectivity index (χ1v) is 3.90. The molecule has 0 fully saturated rings. The molecule has 0 aromatic carbocycles. The molecule has 1 aromatic rings. The van der Waals surface area contributed by atoms with Gasteiger partial charge in [0.25, 0.3) is 0 Å². The summed E-state index contributed by atoms with van der Waals surface area (Å²) in [7, 11) is 0. The first-order chi connectivity index (χ1) is 4.74. The van der Waals surface area contributed by atoms with Crippen molar-refractivity contribution in [1.29, 1.82) is 0 Å². The van der Waals surface area contributed by atoms with Crippen LogP contribution in [0.5, 0.6) is 0 Å². The molecule has 0 spiro atoms. The van der Waals surface area contributed by atoms with E-state index in [9.17, 15) is 0 Å². The number of aryl methyl sites for hydroxylation is 2. The van der Waals surface area contributed by atoms with Gasteiger partial charge in [-0.1, -0.05) is 0 Å². The molecule has 0 radical (unpaired) electrons.